The van der Waals surface area contributed by atoms with Gasteiger partial charge >= 0.3 is 0 Å². The second-order valence-electron chi connectivity index (χ2n) is 8.79. The van der Waals surface area contributed by atoms with Crippen molar-refractivity contribution in [3.63, 3.8) is 0 Å². The molecule has 2 aromatic heterocycles. The van der Waals surface area contributed by atoms with Crippen LogP contribution in [0.25, 0.3) is 11.0 Å². The maximum absolute atomic E-state index is 12.8. The fourth-order valence-corrected chi connectivity index (χ4v) is 5.88. The predicted molar refractivity (Wildman–Crippen MR) is 132 cm³/mol. The quantitative estimate of drug-likeness (QED) is 0.527. The third kappa shape index (κ3) is 5.31. The summed E-state index contributed by atoms with van der Waals surface area (Å²) in [7, 11) is -3.55. The van der Waals surface area contributed by atoms with Crippen molar-refractivity contribution in [3.05, 3.63) is 48.4 Å². The number of hydrogen-bond donors (Lipinski definition) is 1. The normalized spacial score (nSPS) is 17.7. The summed E-state index contributed by atoms with van der Waals surface area (Å²) >= 11 is 0. The molecule has 0 unspecified atom stereocenters. The molecule has 11 heteroatoms. The topological polar surface area (TPSA) is 112 Å². The van der Waals surface area contributed by atoms with Gasteiger partial charge in [-0.1, -0.05) is 12.1 Å². The van der Waals surface area contributed by atoms with Gasteiger partial charge < -0.3 is 19.5 Å². The van der Waals surface area contributed by atoms with Gasteiger partial charge in [-0.15, -0.1) is 0 Å². The fraction of sp³-hybridized carbons (Fsp3) is 0.458. The Labute approximate surface area is 205 Å². The van der Waals surface area contributed by atoms with Gasteiger partial charge in [0, 0.05) is 58.3 Å². The van der Waals surface area contributed by atoms with E-state index in [1.165, 1.54) is 10.5 Å². The van der Waals surface area contributed by atoms with Crippen LogP contribution in [0.2, 0.25) is 0 Å². The largest absolute Gasteiger partial charge is 0.379 e. The van der Waals surface area contributed by atoms with Crippen LogP contribution in [0.4, 0.5) is 5.82 Å². The Morgan fingerprint density at radius 3 is 2.49 bits per heavy atom. The minimum atomic E-state index is -3.55. The van der Waals surface area contributed by atoms with Crippen LogP contribution in [0.15, 0.2) is 47.5 Å². The van der Waals surface area contributed by atoms with Crippen molar-refractivity contribution in [3.8, 4) is 0 Å². The predicted octanol–water partition coefficient (Wildman–Crippen LogP) is 1.65. The molecular formula is C24H30N6O4S. The SMILES string of the molecule is O=C(CCCc1nc2ccccc2[nH]1)N1CCN(c2ccc(S(=O)(=O)N3CCOCC3)cn2)CC1. The lowest BCUT2D eigenvalue weighted by Gasteiger charge is -2.35. The number of para-hydroxylation sites is 2. The van der Waals surface area contributed by atoms with Gasteiger partial charge in [-0.05, 0) is 30.7 Å². The smallest absolute Gasteiger partial charge is 0.244 e. The summed E-state index contributed by atoms with van der Waals surface area (Å²) < 4.78 is 32.2. The molecule has 2 saturated heterocycles. The number of carbonyl (C=O) groups is 1. The van der Waals surface area contributed by atoms with Crippen LogP contribution >= 0.6 is 0 Å². The molecule has 1 N–H and O–H groups in total. The van der Waals surface area contributed by atoms with Crippen molar-refractivity contribution in [1.82, 2.24) is 24.2 Å². The molecule has 0 radical (unpaired) electrons. The van der Waals surface area contributed by atoms with E-state index in [4.69, 9.17) is 4.74 Å². The second-order valence-corrected chi connectivity index (χ2v) is 10.7. The summed E-state index contributed by atoms with van der Waals surface area (Å²) in [6, 6.07) is 11.3. The number of ether oxygens (including phenoxy) is 1. The average molecular weight is 499 g/mol. The van der Waals surface area contributed by atoms with E-state index in [0.717, 1.165) is 35.5 Å². The Bertz CT molecular complexity index is 1230. The van der Waals surface area contributed by atoms with Gasteiger partial charge in [-0.25, -0.2) is 18.4 Å². The standard InChI is InChI=1S/C24H30N6O4S/c31-24(7-3-6-22-26-20-4-1-2-5-21(20)27-22)29-12-10-28(11-13-29)23-9-8-19(18-25-23)35(32,33)30-14-16-34-17-15-30/h1-2,4-5,8-9,18H,3,6-7,10-17H2,(H,26,27). The van der Waals surface area contributed by atoms with Gasteiger partial charge in [-0.2, -0.15) is 4.31 Å². The van der Waals surface area contributed by atoms with Crippen LogP contribution in [-0.4, -0.2) is 91.0 Å². The number of benzene rings is 1. The van der Waals surface area contributed by atoms with Crippen LogP contribution < -0.4 is 4.90 Å². The van der Waals surface area contributed by atoms with Crippen LogP contribution in [-0.2, 0) is 26.0 Å². The van der Waals surface area contributed by atoms with Crippen LogP contribution in [0.3, 0.4) is 0 Å². The molecule has 186 valence electrons. The minimum absolute atomic E-state index is 0.153. The molecule has 10 nitrogen and oxygen atoms in total. The molecule has 0 atom stereocenters. The number of anilines is 1. The first-order chi connectivity index (χ1) is 17.0. The molecule has 5 rings (SSSR count). The molecular weight excluding hydrogens is 468 g/mol. The summed E-state index contributed by atoms with van der Waals surface area (Å²) in [6.07, 6.45) is 3.41. The molecule has 0 spiro atoms. The van der Waals surface area contributed by atoms with Crippen molar-refractivity contribution >= 4 is 32.8 Å². The number of carbonyl (C=O) groups excluding carboxylic acids is 1. The Balaban J connectivity index is 1.10. The van der Waals surface area contributed by atoms with Gasteiger partial charge in [0.05, 0.1) is 24.2 Å². The number of nitrogens with one attached hydrogen (secondary N) is 1. The molecule has 2 aliphatic rings. The van der Waals surface area contributed by atoms with E-state index in [1.807, 2.05) is 29.2 Å². The summed E-state index contributed by atoms with van der Waals surface area (Å²) in [4.78, 5) is 29.2. The molecule has 0 saturated carbocycles. The molecule has 2 fully saturated rings. The Morgan fingerprint density at radius 2 is 1.77 bits per heavy atom. The maximum atomic E-state index is 12.8. The number of piperazine rings is 1. The third-order valence-electron chi connectivity index (χ3n) is 6.53. The van der Waals surface area contributed by atoms with E-state index in [0.29, 0.717) is 58.9 Å². The number of aromatic nitrogens is 3. The maximum Gasteiger partial charge on any atom is 0.244 e. The monoisotopic (exact) mass is 498 g/mol. The average Bonchev–Trinajstić information content (AvgIpc) is 3.32. The number of sulfonamides is 1. The van der Waals surface area contributed by atoms with Crippen molar-refractivity contribution in [2.45, 2.75) is 24.2 Å². The summed E-state index contributed by atoms with van der Waals surface area (Å²) in [5.74, 6) is 1.79. The third-order valence-corrected chi connectivity index (χ3v) is 8.41. The number of H-pyrrole nitrogens is 1. The van der Waals surface area contributed by atoms with Gasteiger partial charge in [-0.3, -0.25) is 4.79 Å². The lowest BCUT2D eigenvalue weighted by Crippen LogP contribution is -2.49. The van der Waals surface area contributed by atoms with Crippen molar-refractivity contribution in [2.75, 3.05) is 57.4 Å². The fourth-order valence-electron chi connectivity index (χ4n) is 4.52. The number of fused-ring (bicyclic) bond motifs is 1. The molecule has 0 aliphatic carbocycles. The van der Waals surface area contributed by atoms with Gasteiger partial charge in [0.15, 0.2) is 0 Å². The van der Waals surface area contributed by atoms with E-state index in [9.17, 15) is 13.2 Å². The Morgan fingerprint density at radius 1 is 1.00 bits per heavy atom. The zero-order valence-corrected chi connectivity index (χ0v) is 20.4. The number of pyridine rings is 1. The number of nitrogens with zero attached hydrogens (tertiary/aromatic N) is 5. The van der Waals surface area contributed by atoms with Crippen molar-refractivity contribution in [2.24, 2.45) is 0 Å². The summed E-state index contributed by atoms with van der Waals surface area (Å²) in [5, 5.41) is 0. The molecule has 3 aromatic rings. The first-order valence-corrected chi connectivity index (χ1v) is 13.4. The highest BCUT2D eigenvalue weighted by atomic mass is 32.2. The highest BCUT2D eigenvalue weighted by Gasteiger charge is 2.27. The number of hydrogen-bond acceptors (Lipinski definition) is 7. The number of rotatable bonds is 7. The lowest BCUT2D eigenvalue weighted by molar-refractivity contribution is -0.131. The highest BCUT2D eigenvalue weighted by Crippen LogP contribution is 2.20. The van der Waals surface area contributed by atoms with Crippen molar-refractivity contribution < 1.29 is 17.9 Å². The number of aromatic amines is 1. The Kier molecular flexibility index (Phi) is 6.98. The Hall–Kier alpha value is -3.02. The molecule has 2 aliphatic heterocycles. The van der Waals surface area contributed by atoms with Crippen molar-refractivity contribution in [1.29, 1.82) is 0 Å². The number of amides is 1. The van der Waals surface area contributed by atoms with Gasteiger partial charge in [0.1, 0.15) is 16.5 Å². The number of aryl methyl sites for hydroxylation is 1. The van der Waals surface area contributed by atoms with E-state index in [-0.39, 0.29) is 10.8 Å². The summed E-state index contributed by atoms with van der Waals surface area (Å²) in [6.45, 7) is 4.12. The van der Waals surface area contributed by atoms with E-state index >= 15 is 0 Å². The first-order valence-electron chi connectivity index (χ1n) is 12.0. The summed E-state index contributed by atoms with van der Waals surface area (Å²) in [5.41, 5.74) is 1.97. The van der Waals surface area contributed by atoms with Crippen LogP contribution in [0.5, 0.6) is 0 Å². The molecule has 4 heterocycles. The second kappa shape index (κ2) is 10.3. The van der Waals surface area contributed by atoms with Gasteiger partial charge in [0.2, 0.25) is 15.9 Å². The molecule has 1 amide bonds. The van der Waals surface area contributed by atoms with E-state index in [1.54, 1.807) is 12.1 Å². The molecule has 35 heavy (non-hydrogen) atoms. The molecule has 0 bridgehead atoms. The lowest BCUT2D eigenvalue weighted by atomic mass is 10.2. The number of imidazole rings is 1. The zero-order chi connectivity index (χ0) is 24.3. The van der Waals surface area contributed by atoms with E-state index < -0.39 is 10.0 Å². The minimum Gasteiger partial charge on any atom is -0.379 e. The first kappa shape index (κ1) is 23.7. The van der Waals surface area contributed by atoms with Crippen LogP contribution in [0.1, 0.15) is 18.7 Å². The molecule has 1 aromatic carbocycles. The highest BCUT2D eigenvalue weighted by molar-refractivity contribution is 7.89. The van der Waals surface area contributed by atoms with Crippen LogP contribution in [0, 0.1) is 0 Å². The van der Waals surface area contributed by atoms with Gasteiger partial charge in [0.25, 0.3) is 0 Å². The van der Waals surface area contributed by atoms with E-state index in [2.05, 4.69) is 19.9 Å². The number of morpholine rings is 1. The zero-order valence-electron chi connectivity index (χ0n) is 19.6.